The third-order valence-corrected chi connectivity index (χ3v) is 4.19. The van der Waals surface area contributed by atoms with Gasteiger partial charge in [-0.15, -0.1) is 0 Å². The zero-order valence-electron chi connectivity index (χ0n) is 13.7. The zero-order chi connectivity index (χ0) is 18.1. The van der Waals surface area contributed by atoms with Crippen molar-refractivity contribution in [1.82, 2.24) is 10.3 Å². The van der Waals surface area contributed by atoms with Crippen LogP contribution in [-0.2, 0) is 6.42 Å². The maximum absolute atomic E-state index is 13.2. The molecule has 3 aromatic rings. The number of amides is 1. The van der Waals surface area contributed by atoms with Crippen molar-refractivity contribution in [2.24, 2.45) is 0 Å². The molecule has 1 aliphatic heterocycles. The number of pyridine rings is 1. The molecule has 7 heteroatoms. The standard InChI is InChI=1S/C19H15FN2O4/c20-13-3-2-12-8-14(19(24)22-15(12)9-13)18(23)21-6-5-11-1-4-16-17(7-11)26-10-25-16/h1-4,7-9H,5-6,10H2,(H,21,23)(H,22,24). The number of halogens is 1. The van der Waals surface area contributed by atoms with Gasteiger partial charge in [0.25, 0.3) is 11.5 Å². The van der Waals surface area contributed by atoms with Crippen LogP contribution in [0.5, 0.6) is 11.5 Å². The molecule has 1 amide bonds. The number of hydrogen-bond acceptors (Lipinski definition) is 4. The monoisotopic (exact) mass is 354 g/mol. The number of fused-ring (bicyclic) bond motifs is 2. The number of H-pyrrole nitrogens is 1. The van der Waals surface area contributed by atoms with Crippen LogP contribution in [0.15, 0.2) is 47.3 Å². The molecule has 0 atom stereocenters. The summed E-state index contributed by atoms with van der Waals surface area (Å²) in [6.07, 6.45) is 0.582. The third-order valence-electron chi connectivity index (χ3n) is 4.19. The van der Waals surface area contributed by atoms with Gasteiger partial charge in [0.15, 0.2) is 11.5 Å². The van der Waals surface area contributed by atoms with Crippen LogP contribution in [0, 0.1) is 5.82 Å². The van der Waals surface area contributed by atoms with Gasteiger partial charge in [-0.2, -0.15) is 0 Å². The van der Waals surface area contributed by atoms with E-state index in [4.69, 9.17) is 9.47 Å². The predicted octanol–water partition coefficient (Wildman–Crippen LogP) is 2.37. The summed E-state index contributed by atoms with van der Waals surface area (Å²) < 4.78 is 23.8. The van der Waals surface area contributed by atoms with E-state index in [1.165, 1.54) is 24.3 Å². The topological polar surface area (TPSA) is 80.4 Å². The number of ether oxygens (including phenoxy) is 2. The molecule has 0 fully saturated rings. The average molecular weight is 354 g/mol. The Morgan fingerprint density at radius 3 is 2.85 bits per heavy atom. The summed E-state index contributed by atoms with van der Waals surface area (Å²) in [6.45, 7) is 0.573. The number of benzene rings is 2. The SMILES string of the molecule is O=C(NCCc1ccc2c(c1)OCO2)c1cc2ccc(F)cc2[nH]c1=O. The molecule has 0 saturated heterocycles. The molecule has 0 unspecified atom stereocenters. The summed E-state index contributed by atoms with van der Waals surface area (Å²) in [5.74, 6) is 0.469. The van der Waals surface area contributed by atoms with E-state index in [0.29, 0.717) is 35.4 Å². The molecule has 0 spiro atoms. The highest BCUT2D eigenvalue weighted by atomic mass is 19.1. The van der Waals surface area contributed by atoms with Gasteiger partial charge in [-0.1, -0.05) is 6.07 Å². The second-order valence-electron chi connectivity index (χ2n) is 5.94. The molecule has 0 bridgehead atoms. The molecule has 2 heterocycles. The zero-order valence-corrected chi connectivity index (χ0v) is 13.7. The van der Waals surface area contributed by atoms with Crippen molar-refractivity contribution >= 4 is 16.8 Å². The van der Waals surface area contributed by atoms with E-state index in [2.05, 4.69) is 10.3 Å². The van der Waals surface area contributed by atoms with Gasteiger partial charge >= 0.3 is 0 Å². The fraction of sp³-hybridized carbons (Fsp3) is 0.158. The second-order valence-corrected chi connectivity index (χ2v) is 5.94. The Hall–Kier alpha value is -3.35. The van der Waals surface area contributed by atoms with Gasteiger partial charge in [0.1, 0.15) is 11.4 Å². The third kappa shape index (κ3) is 3.11. The molecule has 2 aromatic carbocycles. The van der Waals surface area contributed by atoms with Crippen molar-refractivity contribution in [2.75, 3.05) is 13.3 Å². The van der Waals surface area contributed by atoms with Crippen molar-refractivity contribution in [2.45, 2.75) is 6.42 Å². The summed E-state index contributed by atoms with van der Waals surface area (Å²) in [7, 11) is 0. The first kappa shape index (κ1) is 16.1. The van der Waals surface area contributed by atoms with Gasteiger partial charge in [-0.3, -0.25) is 9.59 Å². The van der Waals surface area contributed by atoms with E-state index >= 15 is 0 Å². The number of rotatable bonds is 4. The van der Waals surface area contributed by atoms with Crippen molar-refractivity contribution in [3.05, 3.63) is 69.8 Å². The first-order valence-corrected chi connectivity index (χ1v) is 8.09. The van der Waals surface area contributed by atoms with Crippen LogP contribution in [0.1, 0.15) is 15.9 Å². The summed E-state index contributed by atoms with van der Waals surface area (Å²) in [5, 5.41) is 3.32. The lowest BCUT2D eigenvalue weighted by atomic mass is 10.1. The Bertz CT molecular complexity index is 1060. The minimum Gasteiger partial charge on any atom is -0.454 e. The van der Waals surface area contributed by atoms with Crippen LogP contribution < -0.4 is 20.3 Å². The molecule has 0 aliphatic carbocycles. The van der Waals surface area contributed by atoms with Gasteiger partial charge in [0.05, 0.1) is 5.52 Å². The van der Waals surface area contributed by atoms with Crippen molar-refractivity contribution in [3.63, 3.8) is 0 Å². The molecule has 4 rings (SSSR count). The van der Waals surface area contributed by atoms with Gasteiger partial charge < -0.3 is 19.8 Å². The maximum Gasteiger partial charge on any atom is 0.261 e. The van der Waals surface area contributed by atoms with Crippen LogP contribution in [0.3, 0.4) is 0 Å². The van der Waals surface area contributed by atoms with Crippen molar-refractivity contribution in [3.8, 4) is 11.5 Å². The number of nitrogens with one attached hydrogen (secondary N) is 2. The van der Waals surface area contributed by atoms with E-state index in [1.807, 2.05) is 18.2 Å². The fourth-order valence-electron chi connectivity index (χ4n) is 2.85. The Kier molecular flexibility index (Phi) is 4.04. The summed E-state index contributed by atoms with van der Waals surface area (Å²) >= 11 is 0. The normalized spacial score (nSPS) is 12.3. The number of carbonyl (C=O) groups is 1. The van der Waals surface area contributed by atoms with Crippen LogP contribution in [0.25, 0.3) is 10.9 Å². The van der Waals surface area contributed by atoms with E-state index in [0.717, 1.165) is 5.56 Å². The quantitative estimate of drug-likeness (QED) is 0.754. The van der Waals surface area contributed by atoms with E-state index in [1.54, 1.807) is 0 Å². The number of aromatic nitrogens is 1. The molecule has 1 aliphatic rings. The van der Waals surface area contributed by atoms with Crippen LogP contribution in [0.4, 0.5) is 4.39 Å². The lowest BCUT2D eigenvalue weighted by Gasteiger charge is -2.07. The molecule has 1 aromatic heterocycles. The second kappa shape index (κ2) is 6.51. The predicted molar refractivity (Wildman–Crippen MR) is 93.1 cm³/mol. The molecule has 6 nitrogen and oxygen atoms in total. The first-order chi connectivity index (χ1) is 12.6. The summed E-state index contributed by atoms with van der Waals surface area (Å²) in [4.78, 5) is 26.9. The van der Waals surface area contributed by atoms with Crippen LogP contribution >= 0.6 is 0 Å². The van der Waals surface area contributed by atoms with E-state index in [-0.39, 0.29) is 12.4 Å². The molecule has 132 valence electrons. The number of aromatic amines is 1. The largest absolute Gasteiger partial charge is 0.454 e. The Morgan fingerprint density at radius 2 is 1.96 bits per heavy atom. The van der Waals surface area contributed by atoms with Gasteiger partial charge in [-0.05, 0) is 53.8 Å². The average Bonchev–Trinajstić information content (AvgIpc) is 3.08. The molecular weight excluding hydrogens is 339 g/mol. The van der Waals surface area contributed by atoms with Crippen molar-refractivity contribution < 1.29 is 18.7 Å². The first-order valence-electron chi connectivity index (χ1n) is 8.09. The van der Waals surface area contributed by atoms with Crippen LogP contribution in [-0.4, -0.2) is 24.2 Å². The highest BCUT2D eigenvalue weighted by Gasteiger charge is 2.14. The van der Waals surface area contributed by atoms with Gasteiger partial charge in [-0.25, -0.2) is 4.39 Å². The summed E-state index contributed by atoms with van der Waals surface area (Å²) in [6, 6.07) is 11.1. The smallest absolute Gasteiger partial charge is 0.261 e. The molecule has 0 saturated carbocycles. The lowest BCUT2D eigenvalue weighted by Crippen LogP contribution is -2.31. The maximum atomic E-state index is 13.2. The van der Waals surface area contributed by atoms with E-state index < -0.39 is 17.3 Å². The minimum atomic E-state index is -0.552. The fourth-order valence-corrected chi connectivity index (χ4v) is 2.85. The summed E-state index contributed by atoms with van der Waals surface area (Å²) in [5.41, 5.74) is 0.780. The van der Waals surface area contributed by atoms with E-state index in [9.17, 15) is 14.0 Å². The Morgan fingerprint density at radius 1 is 1.12 bits per heavy atom. The Labute approximate surface area is 147 Å². The van der Waals surface area contributed by atoms with Gasteiger partial charge in [0, 0.05) is 6.54 Å². The van der Waals surface area contributed by atoms with Crippen molar-refractivity contribution in [1.29, 1.82) is 0 Å². The highest BCUT2D eigenvalue weighted by molar-refractivity contribution is 5.97. The van der Waals surface area contributed by atoms with Crippen LogP contribution in [0.2, 0.25) is 0 Å². The molecular formula is C19H15FN2O4. The minimum absolute atomic E-state index is 0.00482. The molecule has 0 radical (unpaired) electrons. The highest BCUT2D eigenvalue weighted by Crippen LogP contribution is 2.32. The number of hydrogen-bond donors (Lipinski definition) is 2. The lowest BCUT2D eigenvalue weighted by molar-refractivity contribution is 0.0953. The Balaban J connectivity index is 1.45. The number of carbonyl (C=O) groups excluding carboxylic acids is 1. The van der Waals surface area contributed by atoms with Gasteiger partial charge in [0.2, 0.25) is 6.79 Å². The molecule has 2 N–H and O–H groups in total. The molecule has 26 heavy (non-hydrogen) atoms.